The van der Waals surface area contributed by atoms with Crippen LogP contribution in [-0.2, 0) is 19.2 Å². The first-order valence-electron chi connectivity index (χ1n) is 7.58. The van der Waals surface area contributed by atoms with Gasteiger partial charge in [-0.15, -0.1) is 0 Å². The minimum Gasteiger partial charge on any atom is -0.481 e. The van der Waals surface area contributed by atoms with Crippen molar-refractivity contribution in [3.63, 3.8) is 0 Å². The number of nitrogens with one attached hydrogen (secondary N) is 2. The molecule has 0 fully saturated rings. The summed E-state index contributed by atoms with van der Waals surface area (Å²) in [5, 5.41) is 13.6. The predicted octanol–water partition coefficient (Wildman–Crippen LogP) is -1.50. The molecular formula is C14H26N4O5. The van der Waals surface area contributed by atoms with E-state index in [1.54, 1.807) is 6.92 Å². The van der Waals surface area contributed by atoms with Gasteiger partial charge in [0, 0.05) is 32.4 Å². The van der Waals surface area contributed by atoms with Gasteiger partial charge >= 0.3 is 5.97 Å². The van der Waals surface area contributed by atoms with Crippen molar-refractivity contribution in [2.45, 2.75) is 51.1 Å². The summed E-state index contributed by atoms with van der Waals surface area (Å²) in [5.41, 5.74) is 11.2. The van der Waals surface area contributed by atoms with Crippen LogP contribution in [0.1, 0.15) is 39.0 Å². The molecule has 0 saturated heterocycles. The van der Waals surface area contributed by atoms with Crippen LogP contribution in [0.4, 0.5) is 0 Å². The number of hydrogen-bond acceptors (Lipinski definition) is 6. The zero-order valence-corrected chi connectivity index (χ0v) is 13.3. The molecule has 23 heavy (non-hydrogen) atoms. The largest absolute Gasteiger partial charge is 0.481 e. The average molecular weight is 330 g/mol. The molecule has 0 spiro atoms. The number of carbonyl (C=O) groups is 4. The summed E-state index contributed by atoms with van der Waals surface area (Å²) in [4.78, 5) is 45.0. The topological polar surface area (TPSA) is 165 Å². The Labute approximate surface area is 135 Å². The standard InChI is InChI=1S/C14H26N4O5/c1-2-17-12(20)5-3-10(16)14(23)18-8-7-11(19)9(15)4-6-13(21)22/h9-10H,2-8,15-16H2,1H3,(H,17,20)(H,18,23)(H,21,22)/t9-,10-/m0/s1. The third kappa shape index (κ3) is 10.4. The van der Waals surface area contributed by atoms with Crippen LogP contribution in [0.5, 0.6) is 0 Å². The van der Waals surface area contributed by atoms with Gasteiger partial charge in [0.05, 0.1) is 12.1 Å². The Morgan fingerprint density at radius 2 is 1.57 bits per heavy atom. The van der Waals surface area contributed by atoms with Crippen LogP contribution in [-0.4, -0.2) is 53.8 Å². The molecule has 2 atom stereocenters. The second-order valence-corrected chi connectivity index (χ2v) is 5.14. The van der Waals surface area contributed by atoms with Crippen molar-refractivity contribution >= 4 is 23.6 Å². The molecule has 9 nitrogen and oxygen atoms in total. The lowest BCUT2D eigenvalue weighted by molar-refractivity contribution is -0.137. The molecule has 0 aromatic carbocycles. The van der Waals surface area contributed by atoms with Gasteiger partial charge in [-0.3, -0.25) is 19.2 Å². The van der Waals surface area contributed by atoms with E-state index < -0.39 is 24.0 Å². The first-order valence-corrected chi connectivity index (χ1v) is 7.58. The number of rotatable bonds is 12. The van der Waals surface area contributed by atoms with E-state index in [1.165, 1.54) is 0 Å². The Balaban J connectivity index is 3.93. The van der Waals surface area contributed by atoms with Crippen molar-refractivity contribution < 1.29 is 24.3 Å². The number of amides is 2. The summed E-state index contributed by atoms with van der Waals surface area (Å²) in [6.07, 6.45) is 0.263. The number of ketones is 1. The van der Waals surface area contributed by atoms with E-state index in [0.29, 0.717) is 6.54 Å². The van der Waals surface area contributed by atoms with Crippen LogP contribution in [0.25, 0.3) is 0 Å². The molecule has 7 N–H and O–H groups in total. The number of nitrogens with two attached hydrogens (primary N) is 2. The lowest BCUT2D eigenvalue weighted by Gasteiger charge is -2.13. The SMILES string of the molecule is CCNC(=O)CC[C@H](N)C(=O)NCCC(=O)[C@@H](N)CCC(=O)O. The van der Waals surface area contributed by atoms with Gasteiger partial charge in [-0.05, 0) is 19.8 Å². The maximum absolute atomic E-state index is 11.7. The minimum atomic E-state index is -1.01. The fraction of sp³-hybridized carbons (Fsp3) is 0.714. The lowest BCUT2D eigenvalue weighted by atomic mass is 10.1. The molecule has 2 amide bonds. The van der Waals surface area contributed by atoms with E-state index >= 15 is 0 Å². The molecule has 132 valence electrons. The zero-order chi connectivity index (χ0) is 17.8. The zero-order valence-electron chi connectivity index (χ0n) is 13.3. The molecule has 0 heterocycles. The highest BCUT2D eigenvalue weighted by molar-refractivity contribution is 5.86. The van der Waals surface area contributed by atoms with Crippen LogP contribution >= 0.6 is 0 Å². The molecule has 0 aliphatic rings. The van der Waals surface area contributed by atoms with Crippen molar-refractivity contribution in [1.29, 1.82) is 0 Å². The second-order valence-electron chi connectivity index (χ2n) is 5.14. The summed E-state index contributed by atoms with van der Waals surface area (Å²) < 4.78 is 0. The van der Waals surface area contributed by atoms with Crippen molar-refractivity contribution in [1.82, 2.24) is 10.6 Å². The highest BCUT2D eigenvalue weighted by Gasteiger charge is 2.17. The highest BCUT2D eigenvalue weighted by Crippen LogP contribution is 1.99. The van der Waals surface area contributed by atoms with Gasteiger partial charge in [0.15, 0.2) is 5.78 Å². The summed E-state index contributed by atoms with van der Waals surface area (Å²) >= 11 is 0. The van der Waals surface area contributed by atoms with E-state index in [4.69, 9.17) is 16.6 Å². The molecule has 0 unspecified atom stereocenters. The van der Waals surface area contributed by atoms with Gasteiger partial charge in [0.1, 0.15) is 0 Å². The van der Waals surface area contributed by atoms with E-state index in [9.17, 15) is 19.2 Å². The monoisotopic (exact) mass is 330 g/mol. The molecule has 0 rings (SSSR count). The number of carboxylic acids is 1. The predicted molar refractivity (Wildman–Crippen MR) is 83.4 cm³/mol. The summed E-state index contributed by atoms with van der Waals surface area (Å²) in [5.74, 6) is -1.95. The van der Waals surface area contributed by atoms with E-state index in [-0.39, 0.29) is 50.3 Å². The van der Waals surface area contributed by atoms with Crippen LogP contribution < -0.4 is 22.1 Å². The molecule has 0 aliphatic carbocycles. The summed E-state index contributed by atoms with van der Waals surface area (Å²) in [6.45, 7) is 2.39. The Morgan fingerprint density at radius 1 is 0.957 bits per heavy atom. The van der Waals surface area contributed by atoms with Crippen LogP contribution in [0.15, 0.2) is 0 Å². The molecule has 0 saturated carbocycles. The first kappa shape index (κ1) is 21.0. The average Bonchev–Trinajstić information content (AvgIpc) is 2.50. The van der Waals surface area contributed by atoms with Gasteiger partial charge in [0.25, 0.3) is 0 Å². The fourth-order valence-electron chi connectivity index (χ4n) is 1.77. The van der Waals surface area contributed by atoms with Gasteiger partial charge in [0.2, 0.25) is 11.8 Å². The van der Waals surface area contributed by atoms with Crippen molar-refractivity contribution in [3.8, 4) is 0 Å². The Kier molecular flexibility index (Phi) is 10.5. The number of aliphatic carboxylic acids is 1. The third-order valence-corrected chi connectivity index (χ3v) is 3.15. The van der Waals surface area contributed by atoms with E-state index in [0.717, 1.165) is 0 Å². The number of Topliss-reactive ketones (excluding diaryl/α,β-unsaturated/α-hetero) is 1. The summed E-state index contributed by atoms with van der Waals surface area (Å²) in [7, 11) is 0. The van der Waals surface area contributed by atoms with Gasteiger partial charge in [-0.25, -0.2) is 0 Å². The Bertz CT molecular complexity index is 427. The number of carboxylic acid groups (broad SMARTS) is 1. The lowest BCUT2D eigenvalue weighted by Crippen LogP contribution is -2.43. The Morgan fingerprint density at radius 3 is 2.13 bits per heavy atom. The second kappa shape index (κ2) is 11.6. The fourth-order valence-corrected chi connectivity index (χ4v) is 1.77. The molecule has 0 aliphatic heterocycles. The van der Waals surface area contributed by atoms with E-state index in [1.807, 2.05) is 0 Å². The third-order valence-electron chi connectivity index (χ3n) is 3.15. The molecule has 0 aromatic rings. The maximum atomic E-state index is 11.7. The van der Waals surface area contributed by atoms with Crippen LogP contribution in [0.2, 0.25) is 0 Å². The van der Waals surface area contributed by atoms with Crippen molar-refractivity contribution in [2.75, 3.05) is 13.1 Å². The summed E-state index contributed by atoms with van der Waals surface area (Å²) in [6, 6.07) is -1.68. The number of hydrogen-bond donors (Lipinski definition) is 5. The normalized spacial score (nSPS) is 13.0. The van der Waals surface area contributed by atoms with Crippen molar-refractivity contribution in [3.05, 3.63) is 0 Å². The molecule has 9 heteroatoms. The quantitative estimate of drug-likeness (QED) is 0.290. The highest BCUT2D eigenvalue weighted by atomic mass is 16.4. The van der Waals surface area contributed by atoms with Crippen LogP contribution in [0.3, 0.4) is 0 Å². The van der Waals surface area contributed by atoms with Crippen LogP contribution in [0, 0.1) is 0 Å². The molecule has 0 bridgehead atoms. The maximum Gasteiger partial charge on any atom is 0.303 e. The smallest absolute Gasteiger partial charge is 0.303 e. The minimum absolute atomic E-state index is 0.00949. The molecule has 0 radical (unpaired) electrons. The van der Waals surface area contributed by atoms with Crippen molar-refractivity contribution in [2.24, 2.45) is 11.5 Å². The molecule has 0 aromatic heterocycles. The van der Waals surface area contributed by atoms with Gasteiger partial charge < -0.3 is 27.2 Å². The number of carbonyl (C=O) groups excluding carboxylic acids is 3. The molecular weight excluding hydrogens is 304 g/mol. The Hall–Kier alpha value is -2.00. The van der Waals surface area contributed by atoms with E-state index in [2.05, 4.69) is 10.6 Å². The first-order chi connectivity index (χ1) is 10.8. The van der Waals surface area contributed by atoms with Gasteiger partial charge in [-0.2, -0.15) is 0 Å². The van der Waals surface area contributed by atoms with Gasteiger partial charge in [-0.1, -0.05) is 0 Å².